The second kappa shape index (κ2) is 9.58. The number of rotatable bonds is 6. The Labute approximate surface area is 193 Å². The molecule has 1 aliphatic rings. The minimum atomic E-state index is -0.444. The number of aromatic nitrogens is 2. The number of anilines is 1. The van der Waals surface area contributed by atoms with E-state index in [1.807, 2.05) is 24.3 Å². The second-order valence-corrected chi connectivity index (χ2v) is 8.71. The van der Waals surface area contributed by atoms with E-state index in [9.17, 15) is 14.9 Å². The Morgan fingerprint density at radius 2 is 2.16 bits per heavy atom. The van der Waals surface area contributed by atoms with Gasteiger partial charge in [0.05, 0.1) is 28.6 Å². The van der Waals surface area contributed by atoms with E-state index in [0.29, 0.717) is 36.1 Å². The molecule has 4 rings (SSSR count). The number of piperidine rings is 1. The molecule has 0 radical (unpaired) electrons. The van der Waals surface area contributed by atoms with Gasteiger partial charge in [-0.15, -0.1) is 0 Å². The number of likely N-dealkylation sites (tertiary alicyclic amines) is 1. The van der Waals surface area contributed by atoms with Crippen LogP contribution in [0.5, 0.6) is 0 Å². The molecule has 1 saturated heterocycles. The molecule has 32 heavy (non-hydrogen) atoms. The Balaban J connectivity index is 1.39. The molecule has 1 amide bonds. The fourth-order valence-corrected chi connectivity index (χ4v) is 4.26. The molecule has 1 unspecified atom stereocenters. The minimum absolute atomic E-state index is 0.00860. The van der Waals surface area contributed by atoms with E-state index < -0.39 is 4.92 Å². The Morgan fingerprint density at radius 3 is 2.94 bits per heavy atom. The van der Waals surface area contributed by atoms with Gasteiger partial charge in [-0.1, -0.05) is 39.3 Å². The number of hydrogen-bond donors (Lipinski definition) is 1. The summed E-state index contributed by atoms with van der Waals surface area (Å²) in [6.07, 6.45) is 1.61. The molecule has 1 atom stereocenters. The predicted octanol–water partition coefficient (Wildman–Crippen LogP) is 4.57. The molecule has 10 heteroatoms. The van der Waals surface area contributed by atoms with E-state index in [0.717, 1.165) is 29.4 Å². The summed E-state index contributed by atoms with van der Waals surface area (Å²) >= 11 is 3.44. The number of nitrogens with one attached hydrogen (secondary N) is 1. The molecule has 0 spiro atoms. The maximum Gasteiger partial charge on any atom is 0.274 e. The summed E-state index contributed by atoms with van der Waals surface area (Å²) in [5.41, 5.74) is 1.77. The molecule has 166 valence electrons. The van der Waals surface area contributed by atoms with Crippen LogP contribution in [0.15, 0.2) is 51.5 Å². The van der Waals surface area contributed by atoms with Gasteiger partial charge in [-0.25, -0.2) is 0 Å². The first-order chi connectivity index (χ1) is 15.4. The van der Waals surface area contributed by atoms with E-state index >= 15 is 0 Å². The largest absolute Gasteiger partial charge is 0.338 e. The average molecular weight is 500 g/mol. The number of nitro groups is 1. The van der Waals surface area contributed by atoms with Gasteiger partial charge in [-0.2, -0.15) is 4.98 Å². The van der Waals surface area contributed by atoms with Gasteiger partial charge in [0.2, 0.25) is 17.6 Å². The van der Waals surface area contributed by atoms with Crippen molar-refractivity contribution in [3.8, 4) is 11.4 Å². The molecule has 1 aliphatic heterocycles. The van der Waals surface area contributed by atoms with E-state index in [2.05, 4.69) is 36.3 Å². The lowest BCUT2D eigenvalue weighted by Crippen LogP contribution is -2.40. The van der Waals surface area contributed by atoms with Crippen molar-refractivity contribution in [3.05, 3.63) is 68.5 Å². The van der Waals surface area contributed by atoms with Gasteiger partial charge in [0.1, 0.15) is 0 Å². The van der Waals surface area contributed by atoms with Crippen molar-refractivity contribution in [1.29, 1.82) is 0 Å². The molecule has 1 fully saturated rings. The van der Waals surface area contributed by atoms with Crippen molar-refractivity contribution in [2.75, 3.05) is 18.4 Å². The number of hydrogen-bond acceptors (Lipinski definition) is 7. The highest BCUT2D eigenvalue weighted by atomic mass is 79.9. The molecular formula is C22H22BrN5O4. The molecular weight excluding hydrogens is 478 g/mol. The quantitative estimate of drug-likeness (QED) is 0.390. The summed E-state index contributed by atoms with van der Waals surface area (Å²) in [5, 5.41) is 18.1. The molecule has 2 aromatic carbocycles. The standard InChI is InChI=1S/C22H22BrN5O4/c1-14-18(8-3-9-19(14)28(30)31)24-22(29)16-6-4-10-27(12-16)13-20-25-21(26-32-20)15-5-2-7-17(23)11-15/h2-3,5,7-9,11,16H,4,6,10,12-13H2,1H3,(H,24,29). The van der Waals surface area contributed by atoms with Gasteiger partial charge in [0.25, 0.3) is 5.69 Å². The molecule has 0 bridgehead atoms. The topological polar surface area (TPSA) is 114 Å². The van der Waals surface area contributed by atoms with Crippen LogP contribution in [0.4, 0.5) is 11.4 Å². The first-order valence-corrected chi connectivity index (χ1v) is 11.1. The third kappa shape index (κ3) is 5.03. The summed E-state index contributed by atoms with van der Waals surface area (Å²) in [6, 6.07) is 12.4. The van der Waals surface area contributed by atoms with Crippen LogP contribution in [0.2, 0.25) is 0 Å². The maximum atomic E-state index is 12.9. The fraction of sp³-hybridized carbons (Fsp3) is 0.318. The lowest BCUT2D eigenvalue weighted by molar-refractivity contribution is -0.385. The SMILES string of the molecule is Cc1c(NC(=O)C2CCCN(Cc3nc(-c4cccc(Br)c4)no3)C2)cccc1[N+](=O)[O-]. The van der Waals surface area contributed by atoms with Gasteiger partial charge in [0, 0.05) is 22.6 Å². The molecule has 1 aromatic heterocycles. The molecule has 2 heterocycles. The Kier molecular flexibility index (Phi) is 6.61. The lowest BCUT2D eigenvalue weighted by atomic mass is 9.97. The van der Waals surface area contributed by atoms with Crippen LogP contribution >= 0.6 is 15.9 Å². The van der Waals surface area contributed by atoms with Crippen LogP contribution in [0, 0.1) is 23.0 Å². The first kappa shape index (κ1) is 22.1. The van der Waals surface area contributed by atoms with Crippen LogP contribution < -0.4 is 5.32 Å². The number of carbonyl (C=O) groups is 1. The van der Waals surface area contributed by atoms with Crippen molar-refractivity contribution in [2.45, 2.75) is 26.3 Å². The Hall–Kier alpha value is -3.11. The van der Waals surface area contributed by atoms with E-state index in [4.69, 9.17) is 4.52 Å². The second-order valence-electron chi connectivity index (χ2n) is 7.79. The summed E-state index contributed by atoms with van der Waals surface area (Å²) in [4.78, 5) is 30.2. The summed E-state index contributed by atoms with van der Waals surface area (Å²) < 4.78 is 6.36. The molecule has 9 nitrogen and oxygen atoms in total. The van der Waals surface area contributed by atoms with Crippen LogP contribution in [-0.4, -0.2) is 39.0 Å². The zero-order valence-corrected chi connectivity index (χ0v) is 19.0. The van der Waals surface area contributed by atoms with E-state index in [1.165, 1.54) is 6.07 Å². The summed E-state index contributed by atoms with van der Waals surface area (Å²) in [7, 11) is 0. The third-order valence-corrected chi connectivity index (χ3v) is 6.04. The number of nitrogens with zero attached hydrogens (tertiary/aromatic N) is 4. The fourth-order valence-electron chi connectivity index (χ4n) is 3.86. The molecule has 0 aliphatic carbocycles. The van der Waals surface area contributed by atoms with Gasteiger partial charge >= 0.3 is 0 Å². The van der Waals surface area contributed by atoms with Crippen LogP contribution in [0.3, 0.4) is 0 Å². The van der Waals surface area contributed by atoms with Crippen LogP contribution in [0.1, 0.15) is 24.3 Å². The van der Waals surface area contributed by atoms with Crippen molar-refractivity contribution >= 4 is 33.2 Å². The predicted molar refractivity (Wildman–Crippen MR) is 122 cm³/mol. The number of amides is 1. The zero-order valence-electron chi connectivity index (χ0n) is 17.5. The monoisotopic (exact) mass is 499 g/mol. The van der Waals surface area contributed by atoms with E-state index in [1.54, 1.807) is 19.1 Å². The van der Waals surface area contributed by atoms with Crippen LogP contribution in [0.25, 0.3) is 11.4 Å². The highest BCUT2D eigenvalue weighted by molar-refractivity contribution is 9.10. The summed E-state index contributed by atoms with van der Waals surface area (Å²) in [6.45, 7) is 3.47. The van der Waals surface area contributed by atoms with Crippen molar-refractivity contribution in [2.24, 2.45) is 5.92 Å². The van der Waals surface area contributed by atoms with Crippen molar-refractivity contribution in [3.63, 3.8) is 0 Å². The smallest absolute Gasteiger partial charge is 0.274 e. The first-order valence-electron chi connectivity index (χ1n) is 10.3. The maximum absolute atomic E-state index is 12.9. The summed E-state index contributed by atoms with van der Waals surface area (Å²) in [5.74, 6) is 0.651. The van der Waals surface area contributed by atoms with E-state index in [-0.39, 0.29) is 17.5 Å². The lowest BCUT2D eigenvalue weighted by Gasteiger charge is -2.31. The normalized spacial score (nSPS) is 16.6. The Morgan fingerprint density at radius 1 is 1.34 bits per heavy atom. The molecule has 3 aromatic rings. The number of benzene rings is 2. The number of nitro benzene ring substituents is 1. The van der Waals surface area contributed by atoms with Gasteiger partial charge < -0.3 is 9.84 Å². The highest BCUT2D eigenvalue weighted by Gasteiger charge is 2.28. The number of carbonyl (C=O) groups excluding carboxylic acids is 1. The van der Waals surface area contributed by atoms with Gasteiger partial charge in [-0.3, -0.25) is 19.8 Å². The Bertz CT molecular complexity index is 1150. The van der Waals surface area contributed by atoms with Gasteiger partial charge in [0.15, 0.2) is 0 Å². The van der Waals surface area contributed by atoms with Crippen molar-refractivity contribution in [1.82, 2.24) is 15.0 Å². The molecule has 0 saturated carbocycles. The average Bonchev–Trinajstić information content (AvgIpc) is 3.23. The number of halogens is 1. The zero-order chi connectivity index (χ0) is 22.7. The molecule has 1 N–H and O–H groups in total. The third-order valence-electron chi connectivity index (χ3n) is 5.55. The van der Waals surface area contributed by atoms with Crippen molar-refractivity contribution < 1.29 is 14.2 Å². The van der Waals surface area contributed by atoms with Gasteiger partial charge in [-0.05, 0) is 44.5 Å². The van der Waals surface area contributed by atoms with Crippen LogP contribution in [-0.2, 0) is 11.3 Å². The highest BCUT2D eigenvalue weighted by Crippen LogP contribution is 2.27. The minimum Gasteiger partial charge on any atom is -0.338 e.